The summed E-state index contributed by atoms with van der Waals surface area (Å²) in [5, 5.41) is 17.6. The first-order valence-corrected chi connectivity index (χ1v) is 11.0. The quantitative estimate of drug-likeness (QED) is 0.630. The van der Waals surface area contributed by atoms with Crippen LogP contribution < -0.4 is 24.8 Å². The lowest BCUT2D eigenvalue weighted by Gasteiger charge is -2.38. The molecule has 166 valence electrons. The van der Waals surface area contributed by atoms with E-state index in [0.29, 0.717) is 56.7 Å². The minimum absolute atomic E-state index is 0.0440. The van der Waals surface area contributed by atoms with E-state index < -0.39 is 5.92 Å². The van der Waals surface area contributed by atoms with E-state index in [1.54, 1.807) is 17.0 Å². The molecule has 1 aliphatic carbocycles. The number of H-pyrrole nitrogens is 1. The summed E-state index contributed by atoms with van der Waals surface area (Å²) < 4.78 is 17.1. The number of nitrogens with zero attached hydrogens (tertiary/aromatic N) is 3. The van der Waals surface area contributed by atoms with Crippen molar-refractivity contribution in [2.75, 3.05) is 26.2 Å². The van der Waals surface area contributed by atoms with Gasteiger partial charge >= 0.3 is 0 Å². The summed E-state index contributed by atoms with van der Waals surface area (Å²) in [7, 11) is 4.53. The third kappa shape index (κ3) is 3.32. The lowest BCUT2D eigenvalue weighted by Crippen LogP contribution is -2.38. The highest BCUT2D eigenvalue weighted by Crippen LogP contribution is 2.51. The third-order valence-electron chi connectivity index (χ3n) is 5.58. The number of ketones is 1. The molecule has 2 aromatic rings. The molecule has 0 spiro atoms. The number of hydrogen-bond acceptors (Lipinski definition) is 10. The number of aromatic nitrogens is 2. The van der Waals surface area contributed by atoms with Gasteiger partial charge in [-0.3, -0.25) is 14.8 Å². The van der Waals surface area contributed by atoms with Crippen molar-refractivity contribution in [2.45, 2.75) is 25.2 Å². The Morgan fingerprint density at radius 2 is 2.00 bits per heavy atom. The van der Waals surface area contributed by atoms with Crippen molar-refractivity contribution in [1.82, 2.24) is 10.2 Å². The second-order valence-electron chi connectivity index (χ2n) is 7.14. The van der Waals surface area contributed by atoms with Gasteiger partial charge in [0, 0.05) is 23.3 Å². The normalized spacial score (nSPS) is 18.4. The standard InChI is InChI=1S/C21H21N5O4S2/c1-28-14-8-7-10(17(29-2)18(14)30-3)15-11(9-22)19(23)26(20-24-25-21(31)32-20)12-5-4-6-13(27)16(12)15/h7-8,15H,4-6,23H2,1-3H3,(H,25,31). The van der Waals surface area contributed by atoms with Gasteiger partial charge < -0.3 is 19.9 Å². The Morgan fingerprint density at radius 3 is 2.59 bits per heavy atom. The second kappa shape index (κ2) is 8.64. The number of allylic oxidation sites excluding steroid dienone is 3. The molecule has 1 aromatic heterocycles. The zero-order valence-corrected chi connectivity index (χ0v) is 19.4. The molecule has 11 heteroatoms. The number of benzene rings is 1. The molecule has 0 amide bonds. The van der Waals surface area contributed by atoms with Crippen LogP contribution in [0.1, 0.15) is 30.7 Å². The van der Waals surface area contributed by atoms with Crippen LogP contribution in [0.4, 0.5) is 5.13 Å². The van der Waals surface area contributed by atoms with E-state index in [1.165, 1.54) is 32.7 Å². The van der Waals surface area contributed by atoms with Crippen LogP contribution >= 0.6 is 23.6 Å². The van der Waals surface area contributed by atoms with Gasteiger partial charge in [-0.2, -0.15) is 5.26 Å². The zero-order chi connectivity index (χ0) is 23.0. The molecule has 0 bridgehead atoms. The van der Waals surface area contributed by atoms with Gasteiger partial charge in [0.15, 0.2) is 21.2 Å². The van der Waals surface area contributed by atoms with Crippen LogP contribution in [0.2, 0.25) is 0 Å². The van der Waals surface area contributed by atoms with E-state index in [2.05, 4.69) is 16.3 Å². The highest BCUT2D eigenvalue weighted by atomic mass is 32.1. The van der Waals surface area contributed by atoms with Gasteiger partial charge in [0.1, 0.15) is 5.82 Å². The molecule has 32 heavy (non-hydrogen) atoms. The average molecular weight is 472 g/mol. The first-order valence-electron chi connectivity index (χ1n) is 9.77. The van der Waals surface area contributed by atoms with Crippen molar-refractivity contribution in [2.24, 2.45) is 5.73 Å². The number of nitrogens with one attached hydrogen (secondary N) is 1. The number of nitriles is 1. The molecule has 2 aliphatic rings. The first-order chi connectivity index (χ1) is 15.5. The molecule has 0 saturated heterocycles. The Balaban J connectivity index is 2.02. The second-order valence-corrected chi connectivity index (χ2v) is 8.78. The monoisotopic (exact) mass is 471 g/mol. The van der Waals surface area contributed by atoms with Gasteiger partial charge in [0.2, 0.25) is 10.9 Å². The van der Waals surface area contributed by atoms with Gasteiger partial charge in [-0.05, 0) is 31.1 Å². The summed E-state index contributed by atoms with van der Waals surface area (Å²) in [6.07, 6.45) is 1.67. The lowest BCUT2D eigenvalue weighted by atomic mass is 9.75. The summed E-state index contributed by atoms with van der Waals surface area (Å²) in [6.45, 7) is 0. The zero-order valence-electron chi connectivity index (χ0n) is 17.7. The Bertz CT molecular complexity index is 1250. The van der Waals surface area contributed by atoms with Crippen LogP contribution in [0.3, 0.4) is 0 Å². The predicted molar refractivity (Wildman–Crippen MR) is 121 cm³/mol. The molecule has 0 saturated carbocycles. The van der Waals surface area contributed by atoms with Crippen LogP contribution in [-0.4, -0.2) is 37.3 Å². The van der Waals surface area contributed by atoms with Crippen molar-refractivity contribution in [3.63, 3.8) is 0 Å². The smallest absolute Gasteiger partial charge is 0.216 e. The van der Waals surface area contributed by atoms with Gasteiger partial charge in [0.05, 0.1) is 38.9 Å². The molecule has 3 N–H and O–H groups in total. The number of rotatable bonds is 5. The highest BCUT2D eigenvalue weighted by molar-refractivity contribution is 7.73. The van der Waals surface area contributed by atoms with E-state index in [1.807, 2.05) is 0 Å². The molecular weight excluding hydrogens is 450 g/mol. The molecule has 1 aliphatic heterocycles. The summed E-state index contributed by atoms with van der Waals surface area (Å²) in [5.74, 6) is 0.688. The fourth-order valence-electron chi connectivity index (χ4n) is 4.29. The number of carbonyl (C=O) groups is 1. The van der Waals surface area contributed by atoms with Crippen molar-refractivity contribution in [3.8, 4) is 23.3 Å². The molecule has 4 rings (SSSR count). The minimum Gasteiger partial charge on any atom is -0.493 e. The number of aromatic amines is 1. The summed E-state index contributed by atoms with van der Waals surface area (Å²) in [4.78, 5) is 14.9. The first kappa shape index (κ1) is 21.9. The Kier molecular flexibility index (Phi) is 5.90. The number of hydrogen-bond donors (Lipinski definition) is 2. The largest absolute Gasteiger partial charge is 0.493 e. The van der Waals surface area contributed by atoms with Crippen molar-refractivity contribution < 1.29 is 19.0 Å². The van der Waals surface area contributed by atoms with Crippen molar-refractivity contribution >= 4 is 34.5 Å². The number of methoxy groups -OCH3 is 3. The summed E-state index contributed by atoms with van der Waals surface area (Å²) in [6, 6.07) is 5.72. The van der Waals surface area contributed by atoms with Gasteiger partial charge in [-0.15, -0.1) is 5.10 Å². The molecule has 1 aromatic carbocycles. The molecular formula is C21H21N5O4S2. The van der Waals surface area contributed by atoms with Crippen molar-refractivity contribution in [3.05, 3.63) is 44.3 Å². The number of nitrogens with two attached hydrogens (primary N) is 1. The molecule has 0 fully saturated rings. The number of ether oxygens (including phenoxy) is 3. The fourth-order valence-corrected chi connectivity index (χ4v) is 5.20. The number of anilines is 1. The van der Waals surface area contributed by atoms with E-state index in [-0.39, 0.29) is 17.2 Å². The van der Waals surface area contributed by atoms with E-state index >= 15 is 0 Å². The van der Waals surface area contributed by atoms with Gasteiger partial charge in [0.25, 0.3) is 0 Å². The Labute approximate surface area is 193 Å². The molecule has 1 unspecified atom stereocenters. The van der Waals surface area contributed by atoms with Gasteiger partial charge in [-0.25, -0.2) is 0 Å². The molecule has 9 nitrogen and oxygen atoms in total. The Morgan fingerprint density at radius 1 is 1.25 bits per heavy atom. The SMILES string of the molecule is COc1ccc(C2C(C#N)=C(N)N(c3n[nH]c(=S)s3)C3=C2C(=O)CCC3)c(OC)c1OC. The molecule has 2 heterocycles. The number of Topliss-reactive ketones (excluding diaryl/α,β-unsaturated/α-hetero) is 1. The summed E-state index contributed by atoms with van der Waals surface area (Å²) >= 11 is 6.41. The van der Waals surface area contributed by atoms with Gasteiger partial charge in [-0.1, -0.05) is 17.4 Å². The van der Waals surface area contributed by atoms with Crippen LogP contribution in [0, 0.1) is 15.3 Å². The van der Waals surface area contributed by atoms with Crippen molar-refractivity contribution in [1.29, 1.82) is 5.26 Å². The predicted octanol–water partition coefficient (Wildman–Crippen LogP) is 3.53. The van der Waals surface area contributed by atoms with E-state index in [0.717, 1.165) is 5.70 Å². The van der Waals surface area contributed by atoms with E-state index in [4.69, 9.17) is 32.2 Å². The maximum Gasteiger partial charge on any atom is 0.216 e. The fraction of sp³-hybridized carbons (Fsp3) is 0.333. The maximum absolute atomic E-state index is 13.2. The highest BCUT2D eigenvalue weighted by Gasteiger charge is 2.42. The molecule has 1 atom stereocenters. The minimum atomic E-state index is -0.708. The maximum atomic E-state index is 13.2. The third-order valence-corrected chi connectivity index (χ3v) is 6.65. The van der Waals surface area contributed by atoms with Crippen LogP contribution in [0.25, 0.3) is 0 Å². The van der Waals surface area contributed by atoms with Crippen LogP contribution in [0.5, 0.6) is 17.2 Å². The topological polar surface area (TPSA) is 126 Å². The lowest BCUT2D eigenvalue weighted by molar-refractivity contribution is -0.116. The molecule has 0 radical (unpaired) electrons. The summed E-state index contributed by atoms with van der Waals surface area (Å²) in [5.41, 5.74) is 8.59. The number of carbonyl (C=O) groups excluding carboxylic acids is 1. The van der Waals surface area contributed by atoms with E-state index in [9.17, 15) is 10.1 Å². The Hall–Kier alpha value is -3.36. The average Bonchev–Trinajstić information content (AvgIpc) is 3.22. The van der Waals surface area contributed by atoms with Crippen LogP contribution in [0.15, 0.2) is 34.8 Å². The van der Waals surface area contributed by atoms with Crippen LogP contribution in [-0.2, 0) is 4.79 Å².